The van der Waals surface area contributed by atoms with E-state index in [0.29, 0.717) is 6.29 Å². The number of carboxylic acid groups (broad SMARTS) is 1. The Kier molecular flexibility index (Phi) is 2.54. The van der Waals surface area contributed by atoms with Gasteiger partial charge in [0.25, 0.3) is 0 Å². The fraction of sp³-hybridized carbons (Fsp3) is 0.200. The van der Waals surface area contributed by atoms with Crippen LogP contribution < -0.4 is 0 Å². The lowest BCUT2D eigenvalue weighted by Crippen LogP contribution is -1.98. The normalized spacial score (nSPS) is 8.00. The zero-order valence-electron chi connectivity index (χ0n) is 4.26. The van der Waals surface area contributed by atoms with Gasteiger partial charge in [-0.05, 0) is 0 Å². The van der Waals surface area contributed by atoms with Crippen LogP contribution in [0, 0.1) is 0 Å². The Labute approximate surface area is 46.6 Å². The van der Waals surface area contributed by atoms with Crippen molar-refractivity contribution in [3.63, 3.8) is 0 Å². The van der Waals surface area contributed by atoms with Crippen molar-refractivity contribution in [1.82, 2.24) is 0 Å². The fourth-order valence-electron chi connectivity index (χ4n) is 0.188. The Bertz CT molecular complexity index is 126. The maximum atomic E-state index is 9.83. The summed E-state index contributed by atoms with van der Waals surface area (Å²) < 4.78 is 0. The number of carboxylic acids is 1. The van der Waals surface area contributed by atoms with Crippen molar-refractivity contribution in [2.45, 2.75) is 6.42 Å². The van der Waals surface area contributed by atoms with Crippen molar-refractivity contribution in [3.05, 3.63) is 12.2 Å². The molecule has 0 spiro atoms. The van der Waals surface area contributed by atoms with Crippen LogP contribution >= 0.6 is 0 Å². The summed E-state index contributed by atoms with van der Waals surface area (Å²) in [5.74, 6) is -1.11. The molecule has 8 heavy (non-hydrogen) atoms. The van der Waals surface area contributed by atoms with Gasteiger partial charge in [-0.3, -0.25) is 0 Å². The van der Waals surface area contributed by atoms with Gasteiger partial charge in [-0.2, -0.15) is 0 Å². The molecule has 0 aliphatic heterocycles. The molecule has 0 aromatic heterocycles. The maximum absolute atomic E-state index is 9.83. The van der Waals surface area contributed by atoms with E-state index in [2.05, 4.69) is 6.58 Å². The first-order valence-electron chi connectivity index (χ1n) is 2.03. The highest BCUT2D eigenvalue weighted by molar-refractivity contribution is 5.88. The first-order chi connectivity index (χ1) is 3.68. The van der Waals surface area contributed by atoms with Crippen LogP contribution in [-0.2, 0) is 9.59 Å². The van der Waals surface area contributed by atoms with Gasteiger partial charge in [0.05, 0.1) is 0 Å². The molecule has 0 heterocycles. The van der Waals surface area contributed by atoms with E-state index < -0.39 is 5.97 Å². The van der Waals surface area contributed by atoms with Crippen molar-refractivity contribution in [3.8, 4) is 0 Å². The number of aliphatic carboxylic acids is 1. The largest absolute Gasteiger partial charge is 0.478 e. The topological polar surface area (TPSA) is 54.4 Å². The van der Waals surface area contributed by atoms with Crippen molar-refractivity contribution >= 4 is 12.3 Å². The van der Waals surface area contributed by atoms with E-state index in [9.17, 15) is 9.59 Å². The lowest BCUT2D eigenvalue weighted by atomic mass is 10.2. The van der Waals surface area contributed by atoms with Gasteiger partial charge in [-0.25, -0.2) is 4.79 Å². The Balaban J connectivity index is 3.65. The van der Waals surface area contributed by atoms with Crippen LogP contribution in [0.3, 0.4) is 0 Å². The van der Waals surface area contributed by atoms with Crippen LogP contribution in [0.2, 0.25) is 0 Å². The summed E-state index contributed by atoms with van der Waals surface area (Å²) in [5, 5.41) is 8.05. The number of hydrogen-bond acceptors (Lipinski definition) is 2. The Morgan fingerprint density at radius 3 is 2.38 bits per heavy atom. The smallest absolute Gasteiger partial charge is 0.331 e. The Morgan fingerprint density at radius 2 is 2.25 bits per heavy atom. The van der Waals surface area contributed by atoms with Gasteiger partial charge < -0.3 is 9.90 Å². The van der Waals surface area contributed by atoms with Crippen LogP contribution in [0.5, 0.6) is 0 Å². The molecule has 0 aliphatic carbocycles. The van der Waals surface area contributed by atoms with Gasteiger partial charge in [-0.1, -0.05) is 6.58 Å². The molecule has 3 heteroatoms. The number of hydrogen-bond donors (Lipinski definition) is 1. The summed E-state index contributed by atoms with van der Waals surface area (Å²) in [5.41, 5.74) is -0.0694. The average molecular weight is 114 g/mol. The molecule has 0 fully saturated rings. The van der Waals surface area contributed by atoms with E-state index in [0.717, 1.165) is 0 Å². The third kappa shape index (κ3) is 2.12. The second kappa shape index (κ2) is 2.96. The summed E-state index contributed by atoms with van der Waals surface area (Å²) in [6.07, 6.45) is 0.422. The fourth-order valence-corrected chi connectivity index (χ4v) is 0.188. The molecule has 1 N–H and O–H groups in total. The van der Waals surface area contributed by atoms with E-state index in [1.165, 1.54) is 0 Å². The van der Waals surface area contributed by atoms with Gasteiger partial charge in [0.15, 0.2) is 0 Å². The minimum Gasteiger partial charge on any atom is -0.478 e. The summed E-state index contributed by atoms with van der Waals surface area (Å²) in [6.45, 7) is 3.11. The van der Waals surface area contributed by atoms with Gasteiger partial charge in [0.1, 0.15) is 6.29 Å². The second-order valence-electron chi connectivity index (χ2n) is 1.28. The highest BCUT2D eigenvalue weighted by Crippen LogP contribution is 1.91. The highest BCUT2D eigenvalue weighted by Gasteiger charge is 1.99. The molecular weight excluding hydrogens is 108 g/mol. The predicted octanol–water partition coefficient (Wildman–Crippen LogP) is 0.216. The van der Waals surface area contributed by atoms with Crippen molar-refractivity contribution in [2.24, 2.45) is 0 Å². The molecule has 0 amide bonds. The molecule has 0 atom stereocenters. The monoisotopic (exact) mass is 114 g/mol. The molecule has 0 saturated carbocycles. The SMILES string of the molecule is C=C(CC=O)C(=O)O. The molecule has 0 rings (SSSR count). The van der Waals surface area contributed by atoms with Gasteiger partial charge in [0.2, 0.25) is 0 Å². The predicted molar refractivity (Wildman–Crippen MR) is 27.5 cm³/mol. The molecule has 0 aromatic carbocycles. The average Bonchev–Trinajstić information content (AvgIpc) is 1.67. The Morgan fingerprint density at radius 1 is 1.75 bits per heavy atom. The Hall–Kier alpha value is -1.12. The quantitative estimate of drug-likeness (QED) is 0.421. The van der Waals surface area contributed by atoms with Crippen molar-refractivity contribution in [1.29, 1.82) is 0 Å². The van der Waals surface area contributed by atoms with Gasteiger partial charge in [-0.15, -0.1) is 0 Å². The first-order valence-corrected chi connectivity index (χ1v) is 2.03. The first kappa shape index (κ1) is 6.88. The van der Waals surface area contributed by atoms with Crippen LogP contribution in [0.25, 0.3) is 0 Å². The van der Waals surface area contributed by atoms with Crippen molar-refractivity contribution in [2.75, 3.05) is 0 Å². The molecule has 0 aromatic rings. The number of carbonyl (C=O) groups is 2. The maximum Gasteiger partial charge on any atom is 0.331 e. The molecule has 0 aliphatic rings. The van der Waals surface area contributed by atoms with Crippen LogP contribution in [0.15, 0.2) is 12.2 Å². The molecular formula is C5H6O3. The number of aldehydes is 1. The minimum absolute atomic E-state index is 0.0694. The third-order valence-corrected chi connectivity index (χ3v) is 0.632. The van der Waals surface area contributed by atoms with E-state index in [-0.39, 0.29) is 12.0 Å². The van der Waals surface area contributed by atoms with Gasteiger partial charge >= 0.3 is 5.97 Å². The van der Waals surface area contributed by atoms with E-state index in [1.807, 2.05) is 0 Å². The second-order valence-corrected chi connectivity index (χ2v) is 1.28. The summed E-state index contributed by atoms with van der Waals surface area (Å²) in [6, 6.07) is 0. The van der Waals surface area contributed by atoms with Crippen LogP contribution in [-0.4, -0.2) is 17.4 Å². The highest BCUT2D eigenvalue weighted by atomic mass is 16.4. The van der Waals surface area contributed by atoms with Crippen LogP contribution in [0.4, 0.5) is 0 Å². The van der Waals surface area contributed by atoms with Crippen molar-refractivity contribution < 1.29 is 14.7 Å². The van der Waals surface area contributed by atoms with E-state index in [1.54, 1.807) is 0 Å². The summed E-state index contributed by atoms with van der Waals surface area (Å²) in [7, 11) is 0. The molecule has 44 valence electrons. The number of rotatable bonds is 3. The molecule has 0 radical (unpaired) electrons. The zero-order chi connectivity index (χ0) is 6.57. The number of carbonyl (C=O) groups excluding carboxylic acids is 1. The van der Waals surface area contributed by atoms with E-state index in [4.69, 9.17) is 5.11 Å². The molecule has 0 bridgehead atoms. The molecule has 0 saturated heterocycles. The third-order valence-electron chi connectivity index (χ3n) is 0.632. The van der Waals surface area contributed by atoms with Crippen LogP contribution in [0.1, 0.15) is 6.42 Å². The summed E-state index contributed by atoms with van der Waals surface area (Å²) >= 11 is 0. The zero-order valence-corrected chi connectivity index (χ0v) is 4.26. The molecule has 3 nitrogen and oxygen atoms in total. The summed E-state index contributed by atoms with van der Waals surface area (Å²) in [4.78, 5) is 19.4. The lowest BCUT2D eigenvalue weighted by molar-refractivity contribution is -0.133. The van der Waals surface area contributed by atoms with E-state index >= 15 is 0 Å². The molecule has 0 unspecified atom stereocenters. The van der Waals surface area contributed by atoms with Gasteiger partial charge in [0, 0.05) is 12.0 Å². The lowest BCUT2D eigenvalue weighted by Gasteiger charge is -1.87. The standard InChI is InChI=1S/C5H6O3/c1-4(2-3-6)5(7)8/h3H,1-2H2,(H,7,8). The minimum atomic E-state index is -1.11.